The number of carboxylic acids is 1. The van der Waals surface area contributed by atoms with E-state index < -0.39 is 5.97 Å². The highest BCUT2D eigenvalue weighted by atomic mass is 32.1. The summed E-state index contributed by atoms with van der Waals surface area (Å²) in [7, 11) is 1.78. The molecule has 0 spiro atoms. The first-order valence-electron chi connectivity index (χ1n) is 9.18. The number of aliphatic carboxylic acids is 1. The van der Waals surface area contributed by atoms with Crippen LogP contribution in [0.4, 0.5) is 0 Å². The van der Waals surface area contributed by atoms with Crippen LogP contribution in [-0.2, 0) is 16.1 Å². The van der Waals surface area contributed by atoms with Crippen molar-refractivity contribution in [2.45, 2.75) is 32.2 Å². The lowest BCUT2D eigenvalue weighted by Crippen LogP contribution is -2.26. The lowest BCUT2D eigenvalue weighted by Gasteiger charge is -2.16. The van der Waals surface area contributed by atoms with Gasteiger partial charge < -0.3 is 10.0 Å². The zero-order chi connectivity index (χ0) is 19.9. The molecule has 7 heteroatoms. The van der Waals surface area contributed by atoms with Crippen LogP contribution in [0.2, 0.25) is 0 Å². The molecule has 2 aromatic heterocycles. The number of rotatable bonds is 9. The Morgan fingerprint density at radius 1 is 1.11 bits per heavy atom. The fourth-order valence-electron chi connectivity index (χ4n) is 2.95. The molecular formula is C21H23N3O3S. The van der Waals surface area contributed by atoms with Gasteiger partial charge in [-0.05, 0) is 36.4 Å². The maximum Gasteiger partial charge on any atom is 0.303 e. The molecular weight excluding hydrogens is 374 g/mol. The summed E-state index contributed by atoms with van der Waals surface area (Å²) in [6, 6.07) is 13.9. The molecule has 0 unspecified atom stereocenters. The molecule has 0 aliphatic rings. The third kappa shape index (κ3) is 5.07. The predicted octanol–water partition coefficient (Wildman–Crippen LogP) is 4.20. The fourth-order valence-corrected chi connectivity index (χ4v) is 3.69. The Morgan fingerprint density at radius 2 is 1.86 bits per heavy atom. The molecule has 146 valence electrons. The van der Waals surface area contributed by atoms with Crippen molar-refractivity contribution < 1.29 is 14.7 Å². The molecule has 6 nitrogen and oxygen atoms in total. The topological polar surface area (TPSA) is 75.4 Å². The molecule has 0 aliphatic carbocycles. The molecule has 0 fully saturated rings. The first kappa shape index (κ1) is 19.8. The van der Waals surface area contributed by atoms with Crippen molar-refractivity contribution in [1.82, 2.24) is 14.7 Å². The van der Waals surface area contributed by atoms with Gasteiger partial charge in [-0.2, -0.15) is 5.10 Å². The van der Waals surface area contributed by atoms with E-state index in [1.165, 1.54) is 0 Å². The Kier molecular flexibility index (Phi) is 6.60. The Balaban J connectivity index is 1.74. The highest BCUT2D eigenvalue weighted by molar-refractivity contribution is 7.13. The van der Waals surface area contributed by atoms with Crippen molar-refractivity contribution in [3.05, 3.63) is 59.6 Å². The summed E-state index contributed by atoms with van der Waals surface area (Å²) in [5.41, 5.74) is 2.83. The van der Waals surface area contributed by atoms with Gasteiger partial charge in [0, 0.05) is 38.2 Å². The first-order chi connectivity index (χ1) is 13.5. The number of benzene rings is 1. The van der Waals surface area contributed by atoms with Crippen LogP contribution in [-0.4, -0.2) is 38.7 Å². The minimum Gasteiger partial charge on any atom is -0.481 e. The van der Waals surface area contributed by atoms with E-state index in [1.807, 2.05) is 58.7 Å². The number of aromatic nitrogens is 2. The molecule has 1 aromatic carbocycles. The SMILES string of the molecule is CN(Cc1cn(-c2ccccc2)nc1-c1cccs1)C(=O)CCCCC(=O)O. The molecule has 0 atom stereocenters. The molecule has 3 aromatic rings. The molecule has 0 aliphatic heterocycles. The van der Waals surface area contributed by atoms with Gasteiger partial charge in [0.05, 0.1) is 10.6 Å². The van der Waals surface area contributed by atoms with Gasteiger partial charge in [-0.1, -0.05) is 24.3 Å². The number of para-hydroxylation sites is 1. The second kappa shape index (κ2) is 9.32. The van der Waals surface area contributed by atoms with Gasteiger partial charge in [-0.25, -0.2) is 4.68 Å². The van der Waals surface area contributed by atoms with E-state index in [9.17, 15) is 9.59 Å². The van der Waals surface area contributed by atoms with Crippen molar-refractivity contribution in [3.8, 4) is 16.3 Å². The van der Waals surface area contributed by atoms with Crippen LogP contribution in [0, 0.1) is 0 Å². The molecule has 28 heavy (non-hydrogen) atoms. The molecule has 2 heterocycles. The number of carboxylic acid groups (broad SMARTS) is 1. The molecule has 0 bridgehead atoms. The number of amides is 1. The Morgan fingerprint density at radius 3 is 2.54 bits per heavy atom. The predicted molar refractivity (Wildman–Crippen MR) is 109 cm³/mol. The van der Waals surface area contributed by atoms with Gasteiger partial charge in [-0.3, -0.25) is 9.59 Å². The minimum atomic E-state index is -0.824. The lowest BCUT2D eigenvalue weighted by molar-refractivity contribution is -0.137. The highest BCUT2D eigenvalue weighted by Gasteiger charge is 2.17. The fraction of sp³-hybridized carbons (Fsp3) is 0.286. The third-order valence-corrected chi connectivity index (χ3v) is 5.31. The number of carbonyl (C=O) groups is 2. The Labute approximate surface area is 168 Å². The first-order valence-corrected chi connectivity index (χ1v) is 10.1. The molecule has 1 N–H and O–H groups in total. The van der Waals surface area contributed by atoms with Crippen LogP contribution in [0.25, 0.3) is 16.3 Å². The van der Waals surface area contributed by atoms with E-state index in [4.69, 9.17) is 10.2 Å². The van der Waals surface area contributed by atoms with E-state index in [1.54, 1.807) is 23.3 Å². The average molecular weight is 398 g/mol. The number of hydrogen-bond acceptors (Lipinski definition) is 4. The standard InChI is InChI=1S/C21H23N3O3S/c1-23(19(25)11-5-6-12-20(26)27)14-16-15-24(17-8-3-2-4-9-17)22-21(16)18-10-7-13-28-18/h2-4,7-10,13,15H,5-6,11-12,14H2,1H3,(H,26,27). The highest BCUT2D eigenvalue weighted by Crippen LogP contribution is 2.28. The Hall–Kier alpha value is -2.93. The van der Waals surface area contributed by atoms with Gasteiger partial charge in [0.25, 0.3) is 0 Å². The van der Waals surface area contributed by atoms with Crippen molar-refractivity contribution in [3.63, 3.8) is 0 Å². The largest absolute Gasteiger partial charge is 0.481 e. The monoisotopic (exact) mass is 397 g/mol. The second-order valence-electron chi connectivity index (χ2n) is 6.61. The number of hydrogen-bond donors (Lipinski definition) is 1. The van der Waals surface area contributed by atoms with Gasteiger partial charge >= 0.3 is 5.97 Å². The summed E-state index contributed by atoms with van der Waals surface area (Å²) in [5, 5.41) is 15.5. The van der Waals surface area contributed by atoms with Crippen molar-refractivity contribution in [1.29, 1.82) is 0 Å². The number of nitrogens with zero attached hydrogens (tertiary/aromatic N) is 3. The summed E-state index contributed by atoms with van der Waals surface area (Å²) in [6.07, 6.45) is 3.52. The maximum absolute atomic E-state index is 12.4. The maximum atomic E-state index is 12.4. The normalized spacial score (nSPS) is 10.8. The quantitative estimate of drug-likeness (QED) is 0.549. The molecule has 1 amide bonds. The summed E-state index contributed by atoms with van der Waals surface area (Å²) >= 11 is 1.62. The van der Waals surface area contributed by atoms with E-state index in [2.05, 4.69) is 0 Å². The second-order valence-corrected chi connectivity index (χ2v) is 7.56. The van der Waals surface area contributed by atoms with Crippen molar-refractivity contribution in [2.75, 3.05) is 7.05 Å². The number of carbonyl (C=O) groups excluding carboxylic acids is 1. The van der Waals surface area contributed by atoms with E-state index in [0.717, 1.165) is 21.8 Å². The van der Waals surface area contributed by atoms with Crippen molar-refractivity contribution in [2.24, 2.45) is 0 Å². The van der Waals surface area contributed by atoms with Crippen LogP contribution in [0.15, 0.2) is 54.0 Å². The molecule has 0 saturated heterocycles. The average Bonchev–Trinajstić information content (AvgIpc) is 3.35. The third-order valence-electron chi connectivity index (χ3n) is 4.43. The zero-order valence-corrected chi connectivity index (χ0v) is 16.6. The summed E-state index contributed by atoms with van der Waals surface area (Å²) < 4.78 is 1.84. The van der Waals surface area contributed by atoms with Gasteiger partial charge in [0.15, 0.2) is 0 Å². The van der Waals surface area contributed by atoms with Crippen LogP contribution < -0.4 is 0 Å². The zero-order valence-electron chi connectivity index (χ0n) is 15.7. The van der Waals surface area contributed by atoms with Gasteiger partial charge in [0.1, 0.15) is 5.69 Å². The summed E-state index contributed by atoms with van der Waals surface area (Å²) in [6.45, 7) is 0.456. The van der Waals surface area contributed by atoms with E-state index in [0.29, 0.717) is 25.8 Å². The van der Waals surface area contributed by atoms with E-state index >= 15 is 0 Å². The molecule has 3 rings (SSSR count). The Bertz CT molecular complexity index is 920. The lowest BCUT2D eigenvalue weighted by atomic mass is 10.1. The molecule has 0 radical (unpaired) electrons. The number of unbranched alkanes of at least 4 members (excludes halogenated alkanes) is 1. The van der Waals surface area contributed by atoms with Gasteiger partial charge in [-0.15, -0.1) is 11.3 Å². The van der Waals surface area contributed by atoms with Crippen molar-refractivity contribution >= 4 is 23.2 Å². The minimum absolute atomic E-state index is 0.00924. The molecule has 0 saturated carbocycles. The van der Waals surface area contributed by atoms with Crippen LogP contribution >= 0.6 is 11.3 Å². The number of thiophene rings is 1. The van der Waals surface area contributed by atoms with Gasteiger partial charge in [0.2, 0.25) is 5.91 Å². The summed E-state index contributed by atoms with van der Waals surface area (Å²) in [4.78, 5) is 25.8. The van der Waals surface area contributed by atoms with Crippen LogP contribution in [0.1, 0.15) is 31.2 Å². The van der Waals surface area contributed by atoms with Crippen LogP contribution in [0.5, 0.6) is 0 Å². The summed E-state index contributed by atoms with van der Waals surface area (Å²) in [5.74, 6) is -0.815. The van der Waals surface area contributed by atoms with E-state index in [-0.39, 0.29) is 12.3 Å². The smallest absolute Gasteiger partial charge is 0.303 e. The van der Waals surface area contributed by atoms with Crippen LogP contribution in [0.3, 0.4) is 0 Å².